The number of nitrogens with zero attached hydrogens (tertiary/aromatic N) is 3. The Morgan fingerprint density at radius 2 is 2.00 bits per heavy atom. The van der Waals surface area contributed by atoms with Gasteiger partial charge in [0.1, 0.15) is 12.2 Å². The molecule has 1 aromatic heterocycles. The molecule has 0 bridgehead atoms. The van der Waals surface area contributed by atoms with Crippen molar-refractivity contribution in [1.82, 2.24) is 20.1 Å². The van der Waals surface area contributed by atoms with Crippen LogP contribution in [0.25, 0.3) is 0 Å². The third-order valence-electron chi connectivity index (χ3n) is 3.49. The van der Waals surface area contributed by atoms with Crippen molar-refractivity contribution in [2.45, 2.75) is 46.0 Å². The van der Waals surface area contributed by atoms with Gasteiger partial charge in [-0.2, -0.15) is 5.10 Å². The van der Waals surface area contributed by atoms with Crippen molar-refractivity contribution in [3.63, 3.8) is 0 Å². The normalized spacial score (nSPS) is 12.2. The summed E-state index contributed by atoms with van der Waals surface area (Å²) in [6.45, 7) is 8.88. The summed E-state index contributed by atoms with van der Waals surface area (Å²) in [5.41, 5.74) is 3.79. The van der Waals surface area contributed by atoms with Crippen LogP contribution in [0, 0.1) is 13.8 Å². The van der Waals surface area contributed by atoms with Gasteiger partial charge in [0, 0.05) is 12.3 Å². The smallest absolute Gasteiger partial charge is 0.230 e. The van der Waals surface area contributed by atoms with E-state index < -0.39 is 0 Å². The highest BCUT2D eigenvalue weighted by Crippen LogP contribution is 2.16. The van der Waals surface area contributed by atoms with Gasteiger partial charge in [-0.1, -0.05) is 29.3 Å². The molecule has 1 heterocycles. The van der Waals surface area contributed by atoms with E-state index in [0.717, 1.165) is 18.1 Å². The van der Waals surface area contributed by atoms with Crippen molar-refractivity contribution in [2.75, 3.05) is 5.75 Å². The van der Waals surface area contributed by atoms with E-state index >= 15 is 0 Å². The maximum Gasteiger partial charge on any atom is 0.230 e. The lowest BCUT2D eigenvalue weighted by Gasteiger charge is -2.14. The van der Waals surface area contributed by atoms with Gasteiger partial charge in [-0.05, 0) is 33.3 Å². The molecule has 1 atom stereocenters. The first kappa shape index (κ1) is 17.5. The molecule has 0 aliphatic carbocycles. The van der Waals surface area contributed by atoms with Crippen LogP contribution >= 0.6 is 11.8 Å². The molecule has 0 saturated heterocycles. The molecule has 1 unspecified atom stereocenters. The first-order valence-electron chi connectivity index (χ1n) is 7.81. The molecule has 6 heteroatoms. The lowest BCUT2D eigenvalue weighted by Crippen LogP contribution is -2.30. The van der Waals surface area contributed by atoms with Crippen molar-refractivity contribution < 1.29 is 4.79 Å². The summed E-state index contributed by atoms with van der Waals surface area (Å²) in [7, 11) is 0. The molecule has 0 fully saturated rings. The van der Waals surface area contributed by atoms with Gasteiger partial charge in [-0.15, -0.1) is 11.8 Å². The van der Waals surface area contributed by atoms with E-state index in [1.54, 1.807) is 16.4 Å². The van der Waals surface area contributed by atoms with Gasteiger partial charge < -0.3 is 5.32 Å². The Balaban J connectivity index is 1.81. The van der Waals surface area contributed by atoms with Crippen molar-refractivity contribution >= 4 is 17.7 Å². The largest absolute Gasteiger partial charge is 0.346 e. The molecule has 1 aromatic carbocycles. The van der Waals surface area contributed by atoms with Crippen LogP contribution in [0.2, 0.25) is 0 Å². The van der Waals surface area contributed by atoms with E-state index in [1.165, 1.54) is 23.0 Å². The Labute approximate surface area is 141 Å². The van der Waals surface area contributed by atoms with Gasteiger partial charge in [0.05, 0.1) is 11.8 Å². The number of hydrogen-bond donors (Lipinski definition) is 1. The first-order chi connectivity index (χ1) is 11.0. The van der Waals surface area contributed by atoms with Crippen molar-refractivity contribution in [2.24, 2.45) is 0 Å². The Bertz CT molecular complexity index is 648. The third-order valence-corrected chi connectivity index (χ3v) is 4.50. The fourth-order valence-corrected chi connectivity index (χ4v) is 3.39. The second-order valence-corrected chi connectivity index (χ2v) is 6.70. The Morgan fingerprint density at radius 3 is 2.65 bits per heavy atom. The molecular formula is C17H24N4OS. The maximum atomic E-state index is 12.1. The molecule has 0 aliphatic heterocycles. The standard InChI is InChI=1S/C17H24N4OS/c1-5-21-17(18-11-19-21)14(4)20-16(22)10-23-9-15-7-12(2)6-13(3)8-15/h6-8,11,14H,5,9-10H2,1-4H3,(H,20,22). The zero-order chi connectivity index (χ0) is 16.8. The minimum Gasteiger partial charge on any atom is -0.346 e. The highest BCUT2D eigenvalue weighted by Gasteiger charge is 2.14. The number of nitrogens with one attached hydrogen (secondary N) is 1. The van der Waals surface area contributed by atoms with E-state index in [0.29, 0.717) is 5.75 Å². The maximum absolute atomic E-state index is 12.1. The summed E-state index contributed by atoms with van der Waals surface area (Å²) >= 11 is 1.63. The summed E-state index contributed by atoms with van der Waals surface area (Å²) in [6.07, 6.45) is 1.52. The second-order valence-electron chi connectivity index (χ2n) is 5.71. The fourth-order valence-electron chi connectivity index (χ4n) is 2.61. The van der Waals surface area contributed by atoms with E-state index in [2.05, 4.69) is 47.4 Å². The lowest BCUT2D eigenvalue weighted by atomic mass is 10.1. The van der Waals surface area contributed by atoms with Gasteiger partial charge in [0.2, 0.25) is 5.91 Å². The number of rotatable bonds is 7. The van der Waals surface area contributed by atoms with Crippen LogP contribution in [0.3, 0.4) is 0 Å². The van der Waals surface area contributed by atoms with Crippen LogP contribution in [0.5, 0.6) is 0 Å². The zero-order valence-corrected chi connectivity index (χ0v) is 15.0. The molecule has 0 spiro atoms. The van der Waals surface area contributed by atoms with E-state index in [4.69, 9.17) is 0 Å². The van der Waals surface area contributed by atoms with Crippen LogP contribution in [0.4, 0.5) is 0 Å². The van der Waals surface area contributed by atoms with E-state index in [-0.39, 0.29) is 11.9 Å². The monoisotopic (exact) mass is 332 g/mol. The Kier molecular flexibility index (Phi) is 6.21. The molecule has 0 saturated carbocycles. The second kappa shape index (κ2) is 8.15. The fraction of sp³-hybridized carbons (Fsp3) is 0.471. The van der Waals surface area contributed by atoms with Crippen molar-refractivity contribution in [1.29, 1.82) is 0 Å². The Hall–Kier alpha value is -1.82. The van der Waals surface area contributed by atoms with Gasteiger partial charge in [0.15, 0.2) is 0 Å². The predicted molar refractivity (Wildman–Crippen MR) is 94.3 cm³/mol. The molecule has 0 radical (unpaired) electrons. The number of carbonyl (C=O) groups is 1. The highest BCUT2D eigenvalue weighted by atomic mass is 32.2. The molecular weight excluding hydrogens is 308 g/mol. The van der Waals surface area contributed by atoms with Gasteiger partial charge in [-0.3, -0.25) is 4.79 Å². The topological polar surface area (TPSA) is 59.8 Å². The van der Waals surface area contributed by atoms with Crippen molar-refractivity contribution in [3.05, 3.63) is 47.0 Å². The third kappa shape index (κ3) is 5.10. The van der Waals surface area contributed by atoms with Gasteiger partial charge in [0.25, 0.3) is 0 Å². The number of benzene rings is 1. The zero-order valence-electron chi connectivity index (χ0n) is 14.2. The van der Waals surface area contributed by atoms with E-state index in [1.807, 2.05) is 13.8 Å². The molecule has 2 aromatic rings. The quantitative estimate of drug-likeness (QED) is 0.847. The number of aryl methyl sites for hydroxylation is 3. The van der Waals surface area contributed by atoms with Crippen LogP contribution in [0.15, 0.2) is 24.5 Å². The van der Waals surface area contributed by atoms with Crippen molar-refractivity contribution in [3.8, 4) is 0 Å². The number of amides is 1. The number of aromatic nitrogens is 3. The SMILES string of the molecule is CCn1ncnc1C(C)NC(=O)CSCc1cc(C)cc(C)c1. The summed E-state index contributed by atoms with van der Waals surface area (Å²) in [5.74, 6) is 2.10. The lowest BCUT2D eigenvalue weighted by molar-refractivity contribution is -0.119. The molecule has 1 N–H and O–H groups in total. The average Bonchev–Trinajstić information content (AvgIpc) is 2.94. The number of carbonyl (C=O) groups excluding carboxylic acids is 1. The highest BCUT2D eigenvalue weighted by molar-refractivity contribution is 7.99. The minimum absolute atomic E-state index is 0.0255. The molecule has 1 amide bonds. The van der Waals surface area contributed by atoms with Gasteiger partial charge >= 0.3 is 0 Å². The van der Waals surface area contributed by atoms with Crippen LogP contribution < -0.4 is 5.32 Å². The number of hydrogen-bond acceptors (Lipinski definition) is 4. The minimum atomic E-state index is -0.133. The molecule has 124 valence electrons. The van der Waals surface area contributed by atoms with Crippen LogP contribution in [-0.2, 0) is 17.1 Å². The van der Waals surface area contributed by atoms with Crippen LogP contribution in [0.1, 0.15) is 42.4 Å². The van der Waals surface area contributed by atoms with Gasteiger partial charge in [-0.25, -0.2) is 9.67 Å². The molecule has 2 rings (SSSR count). The summed E-state index contributed by atoms with van der Waals surface area (Å²) in [5, 5.41) is 7.11. The predicted octanol–water partition coefficient (Wildman–Crippen LogP) is 3.03. The average molecular weight is 332 g/mol. The summed E-state index contributed by atoms with van der Waals surface area (Å²) in [4.78, 5) is 16.3. The molecule has 0 aliphatic rings. The Morgan fingerprint density at radius 1 is 1.30 bits per heavy atom. The summed E-state index contributed by atoms with van der Waals surface area (Å²) < 4.78 is 1.80. The summed E-state index contributed by atoms with van der Waals surface area (Å²) in [6, 6.07) is 6.37. The first-order valence-corrected chi connectivity index (χ1v) is 8.97. The van der Waals surface area contributed by atoms with E-state index in [9.17, 15) is 4.79 Å². The molecule has 5 nitrogen and oxygen atoms in total. The number of thioether (sulfide) groups is 1. The van der Waals surface area contributed by atoms with Crippen LogP contribution in [-0.4, -0.2) is 26.4 Å². The molecule has 23 heavy (non-hydrogen) atoms.